The third kappa shape index (κ3) is 5.40. The molecule has 0 spiro atoms. The molecule has 0 bridgehead atoms. The SMILES string of the molecule is COc1ccc(/C=C/C(=O)NCCNc2ccc(-n3cccn3)nn2)cc1. The van der Waals surface area contributed by atoms with Crippen molar-refractivity contribution >= 4 is 17.8 Å². The summed E-state index contributed by atoms with van der Waals surface area (Å²) in [6.07, 6.45) is 6.73. The molecular weight excluding hydrogens is 344 g/mol. The van der Waals surface area contributed by atoms with Crippen LogP contribution in [0.3, 0.4) is 0 Å². The van der Waals surface area contributed by atoms with Crippen LogP contribution in [-0.2, 0) is 4.79 Å². The van der Waals surface area contributed by atoms with Gasteiger partial charge in [-0.3, -0.25) is 4.79 Å². The van der Waals surface area contributed by atoms with Crippen molar-refractivity contribution < 1.29 is 9.53 Å². The fourth-order valence-corrected chi connectivity index (χ4v) is 2.27. The Kier molecular flexibility index (Phi) is 6.13. The average molecular weight is 364 g/mol. The molecule has 0 aliphatic carbocycles. The highest BCUT2D eigenvalue weighted by molar-refractivity contribution is 5.91. The van der Waals surface area contributed by atoms with E-state index in [1.165, 1.54) is 6.08 Å². The lowest BCUT2D eigenvalue weighted by Crippen LogP contribution is -2.27. The van der Waals surface area contributed by atoms with Crippen LogP contribution in [0.5, 0.6) is 5.75 Å². The van der Waals surface area contributed by atoms with Crippen molar-refractivity contribution in [2.45, 2.75) is 0 Å². The molecule has 8 heteroatoms. The Hall–Kier alpha value is -3.68. The minimum absolute atomic E-state index is 0.160. The Morgan fingerprint density at radius 3 is 2.67 bits per heavy atom. The van der Waals surface area contributed by atoms with Crippen LogP contribution in [0, 0.1) is 0 Å². The molecule has 8 nitrogen and oxygen atoms in total. The number of methoxy groups -OCH3 is 1. The molecule has 0 fully saturated rings. The number of rotatable bonds is 8. The summed E-state index contributed by atoms with van der Waals surface area (Å²) in [5.74, 6) is 1.90. The zero-order valence-corrected chi connectivity index (χ0v) is 14.9. The molecule has 0 atom stereocenters. The summed E-state index contributed by atoms with van der Waals surface area (Å²) in [5.41, 5.74) is 0.927. The maximum Gasteiger partial charge on any atom is 0.244 e. The molecule has 0 saturated carbocycles. The zero-order chi connectivity index (χ0) is 18.9. The third-order valence-corrected chi connectivity index (χ3v) is 3.66. The molecule has 1 amide bonds. The number of anilines is 1. The molecule has 0 aliphatic rings. The molecule has 3 aromatic rings. The number of carbonyl (C=O) groups excluding carboxylic acids is 1. The van der Waals surface area contributed by atoms with Crippen molar-refractivity contribution in [3.05, 3.63) is 66.5 Å². The van der Waals surface area contributed by atoms with Gasteiger partial charge < -0.3 is 15.4 Å². The quantitative estimate of drug-likeness (QED) is 0.468. The van der Waals surface area contributed by atoms with Gasteiger partial charge in [0, 0.05) is 31.6 Å². The van der Waals surface area contributed by atoms with E-state index in [1.54, 1.807) is 30.3 Å². The number of nitrogens with one attached hydrogen (secondary N) is 2. The fourth-order valence-electron chi connectivity index (χ4n) is 2.27. The van der Waals surface area contributed by atoms with Crippen LogP contribution in [0.1, 0.15) is 5.56 Å². The van der Waals surface area contributed by atoms with Gasteiger partial charge in [-0.1, -0.05) is 12.1 Å². The van der Waals surface area contributed by atoms with Gasteiger partial charge in [-0.2, -0.15) is 5.10 Å². The molecule has 3 rings (SSSR count). The Morgan fingerprint density at radius 1 is 1.15 bits per heavy atom. The van der Waals surface area contributed by atoms with E-state index in [-0.39, 0.29) is 5.91 Å². The van der Waals surface area contributed by atoms with E-state index in [9.17, 15) is 4.79 Å². The van der Waals surface area contributed by atoms with Gasteiger partial charge in [0.05, 0.1) is 7.11 Å². The second-order valence-corrected chi connectivity index (χ2v) is 5.55. The second-order valence-electron chi connectivity index (χ2n) is 5.55. The highest BCUT2D eigenvalue weighted by atomic mass is 16.5. The maximum atomic E-state index is 11.8. The van der Waals surface area contributed by atoms with Crippen LogP contribution in [0.2, 0.25) is 0 Å². The van der Waals surface area contributed by atoms with Crippen LogP contribution >= 0.6 is 0 Å². The summed E-state index contributed by atoms with van der Waals surface area (Å²) in [6.45, 7) is 1.01. The molecule has 2 N–H and O–H groups in total. The summed E-state index contributed by atoms with van der Waals surface area (Å²) in [4.78, 5) is 11.8. The summed E-state index contributed by atoms with van der Waals surface area (Å²) >= 11 is 0. The Labute approximate surface area is 156 Å². The van der Waals surface area contributed by atoms with E-state index in [1.807, 2.05) is 42.5 Å². The van der Waals surface area contributed by atoms with Gasteiger partial charge >= 0.3 is 0 Å². The number of amides is 1. The van der Waals surface area contributed by atoms with Crippen molar-refractivity contribution in [3.63, 3.8) is 0 Å². The molecule has 1 aromatic carbocycles. The number of aromatic nitrogens is 4. The Bertz CT molecular complexity index is 874. The molecule has 27 heavy (non-hydrogen) atoms. The number of carbonyl (C=O) groups is 1. The van der Waals surface area contributed by atoms with E-state index >= 15 is 0 Å². The van der Waals surface area contributed by atoms with Crippen molar-refractivity contribution in [1.82, 2.24) is 25.3 Å². The summed E-state index contributed by atoms with van der Waals surface area (Å²) in [7, 11) is 1.62. The summed E-state index contributed by atoms with van der Waals surface area (Å²) in [6, 6.07) is 12.9. The number of nitrogens with zero attached hydrogens (tertiary/aromatic N) is 4. The van der Waals surface area contributed by atoms with Crippen molar-refractivity contribution in [2.75, 3.05) is 25.5 Å². The lowest BCUT2D eigenvalue weighted by molar-refractivity contribution is -0.116. The van der Waals surface area contributed by atoms with Crippen LogP contribution in [0.25, 0.3) is 11.9 Å². The number of benzene rings is 1. The van der Waals surface area contributed by atoms with Gasteiger partial charge in [0.15, 0.2) is 5.82 Å². The van der Waals surface area contributed by atoms with E-state index in [0.717, 1.165) is 11.3 Å². The molecule has 0 radical (unpaired) electrons. The molecule has 2 aromatic heterocycles. The van der Waals surface area contributed by atoms with Crippen LogP contribution < -0.4 is 15.4 Å². The lowest BCUT2D eigenvalue weighted by Gasteiger charge is -2.06. The van der Waals surface area contributed by atoms with Crippen molar-refractivity contribution in [2.24, 2.45) is 0 Å². The minimum atomic E-state index is -0.160. The topological polar surface area (TPSA) is 94.0 Å². The van der Waals surface area contributed by atoms with E-state index in [2.05, 4.69) is 25.9 Å². The molecular formula is C19H20N6O2. The van der Waals surface area contributed by atoms with E-state index in [0.29, 0.717) is 24.7 Å². The van der Waals surface area contributed by atoms with Crippen molar-refractivity contribution in [1.29, 1.82) is 0 Å². The van der Waals surface area contributed by atoms with Crippen LogP contribution in [-0.4, -0.2) is 46.1 Å². The lowest BCUT2D eigenvalue weighted by atomic mass is 10.2. The number of ether oxygens (including phenoxy) is 1. The first-order valence-electron chi connectivity index (χ1n) is 8.42. The predicted molar refractivity (Wildman–Crippen MR) is 103 cm³/mol. The molecule has 0 unspecified atom stereocenters. The Morgan fingerprint density at radius 2 is 2.00 bits per heavy atom. The largest absolute Gasteiger partial charge is 0.497 e. The van der Waals surface area contributed by atoms with Crippen molar-refractivity contribution in [3.8, 4) is 11.6 Å². The number of hydrogen-bond acceptors (Lipinski definition) is 6. The molecule has 0 saturated heterocycles. The van der Waals surface area contributed by atoms with Gasteiger partial charge in [-0.15, -0.1) is 10.2 Å². The highest BCUT2D eigenvalue weighted by Gasteiger charge is 2.00. The van der Waals surface area contributed by atoms with Crippen LogP contribution in [0.15, 0.2) is 60.9 Å². The zero-order valence-electron chi connectivity index (χ0n) is 14.9. The summed E-state index contributed by atoms with van der Waals surface area (Å²) < 4.78 is 6.73. The smallest absolute Gasteiger partial charge is 0.244 e. The van der Waals surface area contributed by atoms with E-state index in [4.69, 9.17) is 4.74 Å². The first-order chi connectivity index (χ1) is 13.2. The highest BCUT2D eigenvalue weighted by Crippen LogP contribution is 2.12. The minimum Gasteiger partial charge on any atom is -0.497 e. The van der Waals surface area contributed by atoms with Gasteiger partial charge in [0.2, 0.25) is 5.91 Å². The van der Waals surface area contributed by atoms with Gasteiger partial charge in [0.25, 0.3) is 0 Å². The molecule has 138 valence electrons. The van der Waals surface area contributed by atoms with Gasteiger partial charge in [-0.05, 0) is 42.0 Å². The molecule has 2 heterocycles. The third-order valence-electron chi connectivity index (χ3n) is 3.66. The van der Waals surface area contributed by atoms with Gasteiger partial charge in [-0.25, -0.2) is 4.68 Å². The monoisotopic (exact) mass is 364 g/mol. The average Bonchev–Trinajstić information content (AvgIpc) is 3.25. The van der Waals surface area contributed by atoms with E-state index < -0.39 is 0 Å². The predicted octanol–water partition coefficient (Wildman–Crippen LogP) is 1.91. The standard InChI is InChI=1S/C19H20N6O2/c1-27-16-6-3-15(4-7-16)5-10-19(26)21-13-12-20-17-8-9-18(24-23-17)25-14-2-11-22-25/h2-11,14H,12-13H2,1H3,(H,20,23)(H,21,26)/b10-5+. The first kappa shape index (κ1) is 18.1. The Balaban J connectivity index is 1.39. The first-order valence-corrected chi connectivity index (χ1v) is 8.42. The summed E-state index contributed by atoms with van der Waals surface area (Å²) in [5, 5.41) is 18.2. The van der Waals surface area contributed by atoms with Gasteiger partial charge in [0.1, 0.15) is 11.6 Å². The number of hydrogen-bond donors (Lipinski definition) is 2. The maximum absolute atomic E-state index is 11.8. The second kappa shape index (κ2) is 9.14. The fraction of sp³-hybridized carbons (Fsp3) is 0.158. The molecule has 0 aliphatic heterocycles. The normalized spacial score (nSPS) is 10.7. The van der Waals surface area contributed by atoms with Crippen LogP contribution in [0.4, 0.5) is 5.82 Å².